The van der Waals surface area contributed by atoms with Crippen LogP contribution < -0.4 is 0 Å². The molecule has 0 unspecified atom stereocenters. The van der Waals surface area contributed by atoms with Crippen molar-refractivity contribution < 1.29 is 4.79 Å². The molecule has 1 heterocycles. The normalized spacial score (nSPS) is 18.0. The van der Waals surface area contributed by atoms with E-state index in [1.54, 1.807) is 0 Å². The van der Waals surface area contributed by atoms with Crippen LogP contribution in [0.25, 0.3) is 12.2 Å². The number of hydrogen-bond acceptors (Lipinski definition) is 2. The van der Waals surface area contributed by atoms with E-state index in [0.717, 1.165) is 67.6 Å². The Balaban J connectivity index is 1.84. The van der Waals surface area contributed by atoms with E-state index in [0.29, 0.717) is 0 Å². The van der Waals surface area contributed by atoms with Crippen LogP contribution in [0.2, 0.25) is 0 Å². The fraction of sp³-hybridized carbons (Fsp3) is 0.370. The van der Waals surface area contributed by atoms with Gasteiger partial charge in [-0.1, -0.05) is 82.1 Å². The maximum absolute atomic E-state index is 13.2. The molecule has 29 heavy (non-hydrogen) atoms. The van der Waals surface area contributed by atoms with E-state index in [9.17, 15) is 4.79 Å². The van der Waals surface area contributed by atoms with Crippen molar-refractivity contribution in [2.75, 3.05) is 19.6 Å². The first-order valence-corrected chi connectivity index (χ1v) is 11.0. The highest BCUT2D eigenvalue weighted by atomic mass is 16.1. The van der Waals surface area contributed by atoms with Crippen LogP contribution in [0.3, 0.4) is 0 Å². The third kappa shape index (κ3) is 5.77. The molecule has 1 aliphatic heterocycles. The van der Waals surface area contributed by atoms with Gasteiger partial charge < -0.3 is 0 Å². The Kier molecular flexibility index (Phi) is 7.60. The van der Waals surface area contributed by atoms with E-state index < -0.39 is 0 Å². The average Bonchev–Trinajstić information content (AvgIpc) is 2.74. The summed E-state index contributed by atoms with van der Waals surface area (Å²) in [5, 5.41) is 0. The fourth-order valence-electron chi connectivity index (χ4n) is 3.87. The molecule has 2 aromatic carbocycles. The quantitative estimate of drug-likeness (QED) is 0.546. The Hall–Kier alpha value is -2.45. The van der Waals surface area contributed by atoms with Crippen LogP contribution in [0.5, 0.6) is 0 Å². The van der Waals surface area contributed by atoms with Gasteiger partial charge >= 0.3 is 0 Å². The summed E-state index contributed by atoms with van der Waals surface area (Å²) in [6.07, 6.45) is 8.64. The molecule has 1 fully saturated rings. The van der Waals surface area contributed by atoms with E-state index in [1.165, 1.54) is 11.1 Å². The molecule has 0 bridgehead atoms. The fourth-order valence-corrected chi connectivity index (χ4v) is 3.87. The molecule has 1 saturated heterocycles. The largest absolute Gasteiger partial charge is 0.295 e. The monoisotopic (exact) mass is 387 g/mol. The van der Waals surface area contributed by atoms with Gasteiger partial charge in [0.1, 0.15) is 0 Å². The molecule has 2 nitrogen and oxygen atoms in total. The van der Waals surface area contributed by atoms with E-state index in [2.05, 4.69) is 86.4 Å². The molecule has 0 N–H and O–H groups in total. The summed E-state index contributed by atoms with van der Waals surface area (Å²) in [5.74, 6) is 0.185. The predicted octanol–water partition coefficient (Wildman–Crippen LogP) is 5.96. The van der Waals surface area contributed by atoms with E-state index >= 15 is 0 Å². The van der Waals surface area contributed by atoms with Crippen LogP contribution in [-0.2, 0) is 17.6 Å². The smallest absolute Gasteiger partial charge is 0.187 e. The zero-order valence-corrected chi connectivity index (χ0v) is 18.1. The number of hydrogen-bond donors (Lipinski definition) is 0. The highest BCUT2D eigenvalue weighted by Crippen LogP contribution is 2.22. The van der Waals surface area contributed by atoms with Gasteiger partial charge in [0.05, 0.1) is 0 Å². The second kappa shape index (κ2) is 10.4. The summed E-state index contributed by atoms with van der Waals surface area (Å²) >= 11 is 0. The number of likely N-dealkylation sites (tertiary alicyclic amines) is 1. The topological polar surface area (TPSA) is 20.3 Å². The molecule has 0 amide bonds. The zero-order valence-electron chi connectivity index (χ0n) is 18.1. The van der Waals surface area contributed by atoms with Gasteiger partial charge in [0.15, 0.2) is 5.78 Å². The minimum Gasteiger partial charge on any atom is -0.295 e. The molecule has 0 aromatic heterocycles. The number of nitrogens with zero attached hydrogens (tertiary/aromatic N) is 1. The SMILES string of the molecule is CCCc1ccc(/C=C2\CN(CC)C/C(=C\c3ccc(CCC)cc3)C2=O)cc1. The molecular weight excluding hydrogens is 354 g/mol. The van der Waals surface area contributed by atoms with Crippen LogP contribution in [0.15, 0.2) is 59.7 Å². The van der Waals surface area contributed by atoms with E-state index in [-0.39, 0.29) is 5.78 Å². The third-order valence-corrected chi connectivity index (χ3v) is 5.54. The van der Waals surface area contributed by atoms with Gasteiger partial charge in [-0.05, 0) is 53.8 Å². The Labute approximate surface area is 175 Å². The standard InChI is InChI=1S/C27H33NO/c1-4-7-21-9-13-23(14-10-21)17-25-19-28(6-3)20-26(27(25)29)18-24-15-11-22(8-5-2)12-16-24/h9-18H,4-8,19-20H2,1-3H3/b25-17+,26-18+. The van der Waals surface area contributed by atoms with Crippen molar-refractivity contribution in [3.63, 3.8) is 0 Å². The summed E-state index contributed by atoms with van der Waals surface area (Å²) in [6.45, 7) is 8.93. The lowest BCUT2D eigenvalue weighted by Crippen LogP contribution is -2.37. The van der Waals surface area contributed by atoms with Crippen molar-refractivity contribution in [3.05, 3.63) is 81.9 Å². The Bertz CT molecular complexity index is 800. The van der Waals surface area contributed by atoms with Gasteiger partial charge in [-0.25, -0.2) is 0 Å². The first-order chi connectivity index (χ1) is 14.1. The first-order valence-electron chi connectivity index (χ1n) is 11.0. The predicted molar refractivity (Wildman–Crippen MR) is 124 cm³/mol. The minimum absolute atomic E-state index is 0.185. The highest BCUT2D eigenvalue weighted by molar-refractivity contribution is 6.14. The number of ketones is 1. The maximum atomic E-state index is 13.2. The molecule has 0 saturated carbocycles. The number of rotatable bonds is 7. The summed E-state index contributed by atoms with van der Waals surface area (Å²) in [5.41, 5.74) is 6.69. The van der Waals surface area contributed by atoms with E-state index in [1.807, 2.05) is 0 Å². The van der Waals surface area contributed by atoms with Crippen molar-refractivity contribution in [3.8, 4) is 0 Å². The summed E-state index contributed by atoms with van der Waals surface area (Å²) in [6, 6.07) is 17.2. The van der Waals surface area contributed by atoms with Gasteiger partial charge in [-0.2, -0.15) is 0 Å². The second-order valence-electron chi connectivity index (χ2n) is 7.95. The third-order valence-electron chi connectivity index (χ3n) is 5.54. The molecule has 152 valence electrons. The van der Waals surface area contributed by atoms with Gasteiger partial charge in [-0.15, -0.1) is 0 Å². The van der Waals surface area contributed by atoms with Gasteiger partial charge in [0, 0.05) is 24.2 Å². The number of aryl methyl sites for hydroxylation is 2. The molecule has 0 atom stereocenters. The lowest BCUT2D eigenvalue weighted by atomic mass is 9.93. The maximum Gasteiger partial charge on any atom is 0.187 e. The summed E-state index contributed by atoms with van der Waals surface area (Å²) < 4.78 is 0. The molecule has 1 aliphatic rings. The van der Waals surface area contributed by atoms with Crippen LogP contribution >= 0.6 is 0 Å². The number of benzene rings is 2. The van der Waals surface area contributed by atoms with Crippen LogP contribution in [0, 0.1) is 0 Å². The number of carbonyl (C=O) groups excluding carboxylic acids is 1. The number of carbonyl (C=O) groups is 1. The second-order valence-corrected chi connectivity index (χ2v) is 7.95. The van der Waals surface area contributed by atoms with Crippen LogP contribution in [-0.4, -0.2) is 30.3 Å². The molecular formula is C27H33NO. The number of Topliss-reactive ketones (excluding diaryl/α,β-unsaturated/α-hetero) is 1. The lowest BCUT2D eigenvalue weighted by molar-refractivity contribution is -0.113. The molecule has 2 aromatic rings. The molecule has 3 rings (SSSR count). The molecule has 0 spiro atoms. The van der Waals surface area contributed by atoms with Crippen molar-refractivity contribution in [2.45, 2.75) is 46.5 Å². The first kappa shape index (κ1) is 21.3. The zero-order chi connectivity index (χ0) is 20.6. The van der Waals surface area contributed by atoms with Gasteiger partial charge in [0.2, 0.25) is 0 Å². The van der Waals surface area contributed by atoms with Crippen molar-refractivity contribution in [1.29, 1.82) is 0 Å². The Morgan fingerprint density at radius 2 is 1.14 bits per heavy atom. The Morgan fingerprint density at radius 1 is 0.724 bits per heavy atom. The minimum atomic E-state index is 0.185. The molecule has 2 heteroatoms. The Morgan fingerprint density at radius 3 is 1.48 bits per heavy atom. The lowest BCUT2D eigenvalue weighted by Gasteiger charge is -2.28. The van der Waals surface area contributed by atoms with Gasteiger partial charge in [-0.3, -0.25) is 9.69 Å². The van der Waals surface area contributed by atoms with Crippen molar-refractivity contribution >= 4 is 17.9 Å². The van der Waals surface area contributed by atoms with Crippen LogP contribution in [0.1, 0.15) is 55.9 Å². The van der Waals surface area contributed by atoms with Crippen molar-refractivity contribution in [2.24, 2.45) is 0 Å². The average molecular weight is 388 g/mol. The van der Waals surface area contributed by atoms with Gasteiger partial charge in [0.25, 0.3) is 0 Å². The summed E-state index contributed by atoms with van der Waals surface area (Å²) in [7, 11) is 0. The van der Waals surface area contributed by atoms with Crippen LogP contribution in [0.4, 0.5) is 0 Å². The highest BCUT2D eigenvalue weighted by Gasteiger charge is 2.25. The van der Waals surface area contributed by atoms with Crippen molar-refractivity contribution in [1.82, 2.24) is 4.90 Å². The van der Waals surface area contributed by atoms with E-state index in [4.69, 9.17) is 0 Å². The number of likely N-dealkylation sites (N-methyl/N-ethyl adjacent to an activating group) is 1. The molecule has 0 aliphatic carbocycles. The number of piperidine rings is 1. The summed E-state index contributed by atoms with van der Waals surface area (Å²) in [4.78, 5) is 15.5. The molecule has 0 radical (unpaired) electrons.